The zero-order chi connectivity index (χ0) is 24.1. The summed E-state index contributed by atoms with van der Waals surface area (Å²) in [5.41, 5.74) is 2.92. The van der Waals surface area contributed by atoms with Crippen LogP contribution in [-0.2, 0) is 14.8 Å². The molecule has 3 N–H and O–H groups in total. The number of aryl methyl sites for hydroxylation is 1. The van der Waals surface area contributed by atoms with Crippen LogP contribution in [0.15, 0.2) is 71.6 Å². The van der Waals surface area contributed by atoms with E-state index in [1.54, 1.807) is 37.3 Å². The lowest BCUT2D eigenvalue weighted by Crippen LogP contribution is -2.31. The van der Waals surface area contributed by atoms with Gasteiger partial charge in [0, 0.05) is 29.5 Å². The molecule has 3 aromatic rings. The maximum absolute atomic E-state index is 12.8. The smallest absolute Gasteiger partial charge is 0.262 e. The molecule has 1 unspecified atom stereocenters. The summed E-state index contributed by atoms with van der Waals surface area (Å²) in [6.07, 6.45) is 0.738. The minimum absolute atomic E-state index is 0.0837. The van der Waals surface area contributed by atoms with Gasteiger partial charge in [0.2, 0.25) is 5.91 Å². The molecule has 0 aromatic heterocycles. The number of rotatable bonds is 7. The van der Waals surface area contributed by atoms with E-state index in [0.717, 1.165) is 17.7 Å². The van der Waals surface area contributed by atoms with Crippen LogP contribution in [0.5, 0.6) is 11.5 Å². The Morgan fingerprint density at radius 2 is 1.47 bits per heavy atom. The molecule has 0 spiro atoms. The van der Waals surface area contributed by atoms with Crippen molar-refractivity contribution in [3.8, 4) is 11.5 Å². The summed E-state index contributed by atoms with van der Waals surface area (Å²) in [5, 5.41) is 5.98. The molecule has 0 aliphatic carbocycles. The number of sulfonamides is 1. The van der Waals surface area contributed by atoms with Gasteiger partial charge in [-0.2, -0.15) is 0 Å². The van der Waals surface area contributed by atoms with Gasteiger partial charge in [-0.05, 0) is 62.4 Å². The molecule has 1 heterocycles. The first kappa shape index (κ1) is 23.4. The van der Waals surface area contributed by atoms with Crippen molar-refractivity contribution in [3.63, 3.8) is 0 Å². The predicted octanol–water partition coefficient (Wildman–Crippen LogP) is 4.40. The van der Waals surface area contributed by atoms with Crippen LogP contribution in [-0.4, -0.2) is 33.6 Å². The molecule has 9 heteroatoms. The Hall–Kier alpha value is -3.72. The van der Waals surface area contributed by atoms with Gasteiger partial charge < -0.3 is 20.1 Å². The second-order valence-corrected chi connectivity index (χ2v) is 9.75. The third-order valence-corrected chi connectivity index (χ3v) is 6.64. The van der Waals surface area contributed by atoms with Gasteiger partial charge in [-0.25, -0.2) is 8.42 Å². The van der Waals surface area contributed by atoms with E-state index < -0.39 is 16.1 Å². The fourth-order valence-electron chi connectivity index (χ4n) is 3.36. The molecule has 0 saturated heterocycles. The van der Waals surface area contributed by atoms with Gasteiger partial charge in [-0.15, -0.1) is 0 Å². The van der Waals surface area contributed by atoms with E-state index in [-0.39, 0.29) is 10.8 Å². The monoisotopic (exact) mass is 481 g/mol. The molecule has 1 aliphatic heterocycles. The molecule has 0 bridgehead atoms. The quantitative estimate of drug-likeness (QED) is 0.462. The number of hydrogen-bond acceptors (Lipinski definition) is 6. The SMILES string of the molecule is Cc1ccc(NC(=O)C(C)Nc2ccc(NS(=O)(=O)c3ccc4c(c3)OCCCO4)cc2)cc1. The molecular weight excluding hydrogens is 454 g/mol. The summed E-state index contributed by atoms with van der Waals surface area (Å²) in [4.78, 5) is 12.5. The van der Waals surface area contributed by atoms with Crippen LogP contribution in [0.3, 0.4) is 0 Å². The molecule has 34 heavy (non-hydrogen) atoms. The molecule has 0 saturated carbocycles. The van der Waals surface area contributed by atoms with E-state index >= 15 is 0 Å². The Kier molecular flexibility index (Phi) is 6.93. The fraction of sp³-hybridized carbons (Fsp3) is 0.240. The number of anilines is 3. The lowest BCUT2D eigenvalue weighted by Gasteiger charge is -2.16. The molecule has 0 fully saturated rings. The van der Waals surface area contributed by atoms with Crippen molar-refractivity contribution in [2.24, 2.45) is 0 Å². The Labute approximate surface area is 199 Å². The standard InChI is InChI=1S/C25H27N3O5S/c1-17-4-6-20(7-5-17)27-25(29)18(2)26-19-8-10-21(11-9-19)28-34(30,31)22-12-13-23-24(16-22)33-15-3-14-32-23/h4-13,16,18,26,28H,3,14-15H2,1-2H3,(H,27,29). The van der Waals surface area contributed by atoms with E-state index in [0.29, 0.717) is 36.1 Å². The number of ether oxygens (including phenoxy) is 2. The first-order chi connectivity index (χ1) is 16.3. The highest BCUT2D eigenvalue weighted by atomic mass is 32.2. The van der Waals surface area contributed by atoms with Crippen LogP contribution in [0.25, 0.3) is 0 Å². The lowest BCUT2D eigenvalue weighted by atomic mass is 10.2. The minimum Gasteiger partial charge on any atom is -0.490 e. The van der Waals surface area contributed by atoms with Gasteiger partial charge in [-0.3, -0.25) is 9.52 Å². The zero-order valence-electron chi connectivity index (χ0n) is 19.0. The van der Waals surface area contributed by atoms with E-state index in [4.69, 9.17) is 9.47 Å². The first-order valence-electron chi connectivity index (χ1n) is 11.0. The van der Waals surface area contributed by atoms with Crippen molar-refractivity contribution in [2.45, 2.75) is 31.2 Å². The number of amides is 1. The van der Waals surface area contributed by atoms with E-state index in [9.17, 15) is 13.2 Å². The summed E-state index contributed by atoms with van der Waals surface area (Å²) in [6, 6.07) is 18.3. The van der Waals surface area contributed by atoms with E-state index in [1.807, 2.05) is 31.2 Å². The molecule has 8 nitrogen and oxygen atoms in total. The summed E-state index contributed by atoms with van der Waals surface area (Å²) < 4.78 is 39.4. The van der Waals surface area contributed by atoms with Crippen molar-refractivity contribution >= 4 is 33.0 Å². The molecular formula is C25H27N3O5S. The van der Waals surface area contributed by atoms with Gasteiger partial charge in [0.05, 0.1) is 18.1 Å². The van der Waals surface area contributed by atoms with Crippen LogP contribution in [0.1, 0.15) is 18.9 Å². The lowest BCUT2D eigenvalue weighted by molar-refractivity contribution is -0.116. The number of hydrogen-bond donors (Lipinski definition) is 3. The van der Waals surface area contributed by atoms with Crippen LogP contribution >= 0.6 is 0 Å². The van der Waals surface area contributed by atoms with Gasteiger partial charge in [0.1, 0.15) is 6.04 Å². The summed E-state index contributed by atoms with van der Waals surface area (Å²) in [7, 11) is -3.82. The van der Waals surface area contributed by atoms with Crippen molar-refractivity contribution < 1.29 is 22.7 Å². The van der Waals surface area contributed by atoms with Gasteiger partial charge >= 0.3 is 0 Å². The predicted molar refractivity (Wildman–Crippen MR) is 132 cm³/mol. The summed E-state index contributed by atoms with van der Waals surface area (Å²) >= 11 is 0. The number of nitrogens with one attached hydrogen (secondary N) is 3. The second kappa shape index (κ2) is 10.0. The third kappa shape index (κ3) is 5.79. The normalized spacial score (nSPS) is 13.9. The molecule has 1 atom stereocenters. The van der Waals surface area contributed by atoms with E-state index in [1.165, 1.54) is 12.1 Å². The highest BCUT2D eigenvalue weighted by molar-refractivity contribution is 7.92. The number of carbonyl (C=O) groups is 1. The van der Waals surface area contributed by atoms with Gasteiger partial charge in [0.15, 0.2) is 11.5 Å². The maximum Gasteiger partial charge on any atom is 0.262 e. The zero-order valence-corrected chi connectivity index (χ0v) is 19.8. The fourth-order valence-corrected chi connectivity index (χ4v) is 4.44. The Bertz CT molecular complexity index is 1260. The van der Waals surface area contributed by atoms with Crippen molar-refractivity contribution in [2.75, 3.05) is 28.6 Å². The van der Waals surface area contributed by atoms with E-state index in [2.05, 4.69) is 15.4 Å². The molecule has 1 aliphatic rings. The Balaban J connectivity index is 1.38. The van der Waals surface area contributed by atoms with Gasteiger partial charge in [0.25, 0.3) is 10.0 Å². The molecule has 0 radical (unpaired) electrons. The topological polar surface area (TPSA) is 106 Å². The van der Waals surface area contributed by atoms with Crippen molar-refractivity contribution in [3.05, 3.63) is 72.3 Å². The average Bonchev–Trinajstić information content (AvgIpc) is 3.06. The molecule has 4 rings (SSSR count). The third-order valence-electron chi connectivity index (χ3n) is 5.26. The first-order valence-corrected chi connectivity index (χ1v) is 12.4. The molecule has 178 valence electrons. The van der Waals surface area contributed by atoms with Crippen LogP contribution < -0.4 is 24.8 Å². The minimum atomic E-state index is -3.82. The number of carbonyl (C=O) groups excluding carboxylic acids is 1. The molecule has 3 aromatic carbocycles. The second-order valence-electron chi connectivity index (χ2n) is 8.06. The average molecular weight is 482 g/mol. The summed E-state index contributed by atoms with van der Waals surface area (Å²) in [6.45, 7) is 4.74. The van der Waals surface area contributed by atoms with Gasteiger partial charge in [-0.1, -0.05) is 17.7 Å². The maximum atomic E-state index is 12.8. The highest BCUT2D eigenvalue weighted by Crippen LogP contribution is 2.32. The Morgan fingerprint density at radius 3 is 2.18 bits per heavy atom. The Morgan fingerprint density at radius 1 is 0.853 bits per heavy atom. The highest BCUT2D eigenvalue weighted by Gasteiger charge is 2.19. The van der Waals surface area contributed by atoms with Crippen LogP contribution in [0.4, 0.5) is 17.1 Å². The van der Waals surface area contributed by atoms with Crippen molar-refractivity contribution in [1.29, 1.82) is 0 Å². The number of benzene rings is 3. The van der Waals surface area contributed by atoms with Crippen LogP contribution in [0, 0.1) is 6.92 Å². The molecule has 1 amide bonds. The largest absolute Gasteiger partial charge is 0.490 e. The van der Waals surface area contributed by atoms with Crippen LogP contribution in [0.2, 0.25) is 0 Å². The summed E-state index contributed by atoms with van der Waals surface area (Å²) in [5.74, 6) is 0.772. The van der Waals surface area contributed by atoms with Crippen molar-refractivity contribution in [1.82, 2.24) is 0 Å². The number of fused-ring (bicyclic) bond motifs is 1.